The fraction of sp³-hybridized carbons (Fsp3) is 0.235. The number of alkyl halides is 1. The smallest absolute Gasteiger partial charge is 0.304 e. The van der Waals surface area contributed by atoms with Crippen molar-refractivity contribution in [3.8, 4) is 11.1 Å². The Balaban J connectivity index is 2.22. The summed E-state index contributed by atoms with van der Waals surface area (Å²) in [6.45, 7) is 0. The molecular weight excluding hydrogens is 304 g/mol. The van der Waals surface area contributed by atoms with Gasteiger partial charge < -0.3 is 5.11 Å². The summed E-state index contributed by atoms with van der Waals surface area (Å²) in [4.78, 5) is 11.9. The molecule has 2 aromatic rings. The Labute approximate surface area is 134 Å². The largest absolute Gasteiger partial charge is 0.481 e. The second-order valence-corrected chi connectivity index (χ2v) is 6.27. The monoisotopic (exact) mass is 320 g/mol. The summed E-state index contributed by atoms with van der Waals surface area (Å²) in [7, 11) is 0. The molecule has 2 nitrogen and oxygen atoms in total. The molecule has 2 rings (SSSR count). The van der Waals surface area contributed by atoms with Crippen molar-refractivity contribution in [3.05, 3.63) is 54.1 Å². The highest BCUT2D eigenvalue weighted by Gasteiger charge is 2.12. The number of benzene rings is 2. The maximum atomic E-state index is 10.7. The van der Waals surface area contributed by atoms with Crippen molar-refractivity contribution >= 4 is 29.3 Å². The Hall–Kier alpha value is -1.45. The van der Waals surface area contributed by atoms with E-state index in [-0.39, 0.29) is 11.8 Å². The maximum absolute atomic E-state index is 10.7. The van der Waals surface area contributed by atoms with Gasteiger partial charge in [0.05, 0.1) is 6.42 Å². The minimum absolute atomic E-state index is 0.0173. The van der Waals surface area contributed by atoms with Crippen LogP contribution < -0.4 is 0 Å². The highest BCUT2D eigenvalue weighted by atomic mass is 35.5. The maximum Gasteiger partial charge on any atom is 0.304 e. The first-order valence-electron chi connectivity index (χ1n) is 6.68. The van der Waals surface area contributed by atoms with E-state index >= 15 is 0 Å². The first kappa shape index (κ1) is 15.9. The SMILES string of the molecule is CSc1cc(CC(Cl)CC(=O)O)ccc1-c1ccccc1. The van der Waals surface area contributed by atoms with Gasteiger partial charge in [0.1, 0.15) is 0 Å². The van der Waals surface area contributed by atoms with Crippen LogP contribution in [0.2, 0.25) is 0 Å². The molecule has 0 aromatic heterocycles. The van der Waals surface area contributed by atoms with Crippen molar-refractivity contribution < 1.29 is 9.90 Å². The zero-order valence-electron chi connectivity index (χ0n) is 11.8. The van der Waals surface area contributed by atoms with Crippen molar-refractivity contribution in [2.45, 2.75) is 23.1 Å². The van der Waals surface area contributed by atoms with Crippen LogP contribution >= 0.6 is 23.4 Å². The summed E-state index contributed by atoms with van der Waals surface area (Å²) in [6, 6.07) is 16.4. The first-order chi connectivity index (χ1) is 10.1. The first-order valence-corrected chi connectivity index (χ1v) is 8.34. The van der Waals surface area contributed by atoms with Crippen LogP contribution in [0.4, 0.5) is 0 Å². The highest BCUT2D eigenvalue weighted by Crippen LogP contribution is 2.31. The van der Waals surface area contributed by atoms with Gasteiger partial charge in [-0.3, -0.25) is 4.79 Å². The molecule has 4 heteroatoms. The molecule has 21 heavy (non-hydrogen) atoms. The molecule has 110 valence electrons. The van der Waals surface area contributed by atoms with E-state index in [1.54, 1.807) is 11.8 Å². The van der Waals surface area contributed by atoms with Crippen molar-refractivity contribution in [3.63, 3.8) is 0 Å². The molecule has 0 saturated carbocycles. The Morgan fingerprint density at radius 3 is 2.57 bits per heavy atom. The van der Waals surface area contributed by atoms with Gasteiger partial charge in [-0.25, -0.2) is 0 Å². The number of rotatable bonds is 6. The summed E-state index contributed by atoms with van der Waals surface area (Å²) in [5, 5.41) is 8.39. The van der Waals surface area contributed by atoms with E-state index in [4.69, 9.17) is 16.7 Å². The zero-order valence-corrected chi connectivity index (χ0v) is 13.3. The minimum atomic E-state index is -0.860. The summed E-state index contributed by atoms with van der Waals surface area (Å²) in [5.41, 5.74) is 3.44. The molecule has 0 fully saturated rings. The second kappa shape index (κ2) is 7.53. The van der Waals surface area contributed by atoms with Crippen molar-refractivity contribution in [2.24, 2.45) is 0 Å². The number of carboxylic acids is 1. The van der Waals surface area contributed by atoms with Crippen molar-refractivity contribution in [1.82, 2.24) is 0 Å². The number of aliphatic carboxylic acids is 1. The third-order valence-electron chi connectivity index (χ3n) is 3.20. The zero-order chi connectivity index (χ0) is 15.2. The Morgan fingerprint density at radius 2 is 1.95 bits per heavy atom. The van der Waals surface area contributed by atoms with E-state index in [0.29, 0.717) is 6.42 Å². The molecule has 2 aromatic carbocycles. The molecule has 0 saturated heterocycles. The van der Waals surface area contributed by atoms with Crippen LogP contribution in [0.15, 0.2) is 53.4 Å². The van der Waals surface area contributed by atoms with E-state index in [1.165, 1.54) is 16.0 Å². The van der Waals surface area contributed by atoms with Gasteiger partial charge in [-0.2, -0.15) is 0 Å². The van der Waals surface area contributed by atoms with Gasteiger partial charge >= 0.3 is 5.97 Å². The Kier molecular flexibility index (Phi) is 5.71. The van der Waals surface area contributed by atoms with Crippen LogP contribution in [0.25, 0.3) is 11.1 Å². The number of carboxylic acid groups (broad SMARTS) is 1. The van der Waals surface area contributed by atoms with Gasteiger partial charge in [0, 0.05) is 10.3 Å². The molecule has 0 bridgehead atoms. The number of carbonyl (C=O) groups is 1. The van der Waals surface area contributed by atoms with Crippen molar-refractivity contribution in [1.29, 1.82) is 0 Å². The number of thioether (sulfide) groups is 1. The molecule has 0 aliphatic carbocycles. The summed E-state index contributed by atoms with van der Waals surface area (Å²) >= 11 is 7.76. The van der Waals surface area contributed by atoms with Gasteiger partial charge in [0.2, 0.25) is 0 Å². The lowest BCUT2D eigenvalue weighted by molar-refractivity contribution is -0.137. The van der Waals surface area contributed by atoms with Crippen LogP contribution in [0.1, 0.15) is 12.0 Å². The molecule has 1 N–H and O–H groups in total. The van der Waals surface area contributed by atoms with Gasteiger partial charge in [0.25, 0.3) is 0 Å². The highest BCUT2D eigenvalue weighted by molar-refractivity contribution is 7.98. The molecule has 0 amide bonds. The van der Waals surface area contributed by atoms with E-state index in [1.807, 2.05) is 30.5 Å². The minimum Gasteiger partial charge on any atom is -0.481 e. The molecule has 0 aliphatic heterocycles. The molecule has 1 atom stereocenters. The molecule has 0 radical (unpaired) electrons. The lowest BCUT2D eigenvalue weighted by atomic mass is 10.0. The predicted molar refractivity (Wildman–Crippen MR) is 89.3 cm³/mol. The number of hydrogen-bond acceptors (Lipinski definition) is 2. The van der Waals surface area contributed by atoms with Gasteiger partial charge in [-0.1, -0.05) is 42.5 Å². The van der Waals surface area contributed by atoms with E-state index in [2.05, 4.69) is 24.3 Å². The average molecular weight is 321 g/mol. The molecule has 0 aliphatic rings. The molecule has 0 heterocycles. The topological polar surface area (TPSA) is 37.3 Å². The van der Waals surface area contributed by atoms with Gasteiger partial charge in [-0.05, 0) is 35.4 Å². The van der Waals surface area contributed by atoms with Crippen LogP contribution in [0.5, 0.6) is 0 Å². The normalized spacial score (nSPS) is 12.1. The van der Waals surface area contributed by atoms with E-state index in [0.717, 1.165) is 5.56 Å². The molecular formula is C17H17ClO2S. The summed E-state index contributed by atoms with van der Waals surface area (Å²) < 4.78 is 0. The number of halogens is 1. The quantitative estimate of drug-likeness (QED) is 0.619. The van der Waals surface area contributed by atoms with Crippen LogP contribution in [-0.2, 0) is 11.2 Å². The third kappa shape index (κ3) is 4.51. The summed E-state index contributed by atoms with van der Waals surface area (Å²) in [5.74, 6) is -0.860. The van der Waals surface area contributed by atoms with Crippen LogP contribution in [0, 0.1) is 0 Å². The second-order valence-electron chi connectivity index (χ2n) is 4.80. The fourth-order valence-electron chi connectivity index (χ4n) is 2.24. The van der Waals surface area contributed by atoms with Gasteiger partial charge in [-0.15, -0.1) is 23.4 Å². The Morgan fingerprint density at radius 1 is 1.24 bits per heavy atom. The Bertz CT molecular complexity index is 613. The van der Waals surface area contributed by atoms with E-state index < -0.39 is 5.97 Å². The van der Waals surface area contributed by atoms with Crippen molar-refractivity contribution in [2.75, 3.05) is 6.26 Å². The molecule has 0 spiro atoms. The van der Waals surface area contributed by atoms with Crippen LogP contribution in [0.3, 0.4) is 0 Å². The third-order valence-corrected chi connectivity index (χ3v) is 4.29. The van der Waals surface area contributed by atoms with Gasteiger partial charge in [0.15, 0.2) is 0 Å². The lowest BCUT2D eigenvalue weighted by Gasteiger charge is -2.12. The lowest BCUT2D eigenvalue weighted by Crippen LogP contribution is -2.10. The average Bonchev–Trinajstić information content (AvgIpc) is 2.47. The number of hydrogen-bond donors (Lipinski definition) is 1. The van der Waals surface area contributed by atoms with Crippen LogP contribution in [-0.4, -0.2) is 22.7 Å². The molecule has 1 unspecified atom stereocenters. The fourth-order valence-corrected chi connectivity index (χ4v) is 3.22. The van der Waals surface area contributed by atoms with E-state index in [9.17, 15) is 4.79 Å². The predicted octanol–water partition coefficient (Wildman–Crippen LogP) is 4.70. The standard InChI is InChI=1S/C17H17ClO2S/c1-21-16-10-12(9-14(18)11-17(19)20)7-8-15(16)13-5-3-2-4-6-13/h2-8,10,14H,9,11H2,1H3,(H,19,20). The summed E-state index contributed by atoms with van der Waals surface area (Å²) in [6.07, 6.45) is 2.59.